The topological polar surface area (TPSA) is 39.9 Å². The van der Waals surface area contributed by atoms with Gasteiger partial charge in [-0.15, -0.1) is 11.3 Å². The van der Waals surface area contributed by atoms with Crippen LogP contribution in [0.15, 0.2) is 54.7 Å². The van der Waals surface area contributed by atoms with Crippen LogP contribution in [0, 0.1) is 6.92 Å². The molecule has 5 heteroatoms. The van der Waals surface area contributed by atoms with Gasteiger partial charge in [0.1, 0.15) is 17.4 Å². The molecule has 3 heterocycles. The second kappa shape index (κ2) is 6.53. The number of hydrogen-bond acceptors (Lipinski definition) is 4. The Morgan fingerprint density at radius 3 is 2.72 bits per heavy atom. The van der Waals surface area contributed by atoms with E-state index in [0.29, 0.717) is 0 Å². The number of aryl methyl sites for hydroxylation is 1. The van der Waals surface area contributed by atoms with E-state index in [9.17, 15) is 0 Å². The van der Waals surface area contributed by atoms with Gasteiger partial charge in [0.05, 0.1) is 18.1 Å². The summed E-state index contributed by atoms with van der Waals surface area (Å²) in [5.74, 6) is 2.48. The Balaban J connectivity index is 1.88. The minimum Gasteiger partial charge on any atom is -0.497 e. The molecular formula is C20H17N3OS. The van der Waals surface area contributed by atoms with Crippen LogP contribution >= 0.6 is 11.3 Å². The molecule has 4 nitrogen and oxygen atoms in total. The first-order valence-corrected chi connectivity index (χ1v) is 8.79. The van der Waals surface area contributed by atoms with E-state index < -0.39 is 0 Å². The molecule has 0 atom stereocenters. The molecule has 0 aliphatic carbocycles. The normalized spacial score (nSPS) is 11.4. The van der Waals surface area contributed by atoms with Gasteiger partial charge in [-0.2, -0.15) is 0 Å². The maximum Gasteiger partial charge on any atom is 0.139 e. The van der Waals surface area contributed by atoms with Crippen LogP contribution in [0.5, 0.6) is 5.75 Å². The molecule has 0 unspecified atom stereocenters. The van der Waals surface area contributed by atoms with Crippen LogP contribution in [0.3, 0.4) is 0 Å². The molecule has 0 aliphatic rings. The second-order valence-electron chi connectivity index (χ2n) is 5.63. The van der Waals surface area contributed by atoms with Gasteiger partial charge in [0.25, 0.3) is 0 Å². The first-order chi connectivity index (χ1) is 12.2. The molecule has 3 aromatic heterocycles. The zero-order valence-corrected chi connectivity index (χ0v) is 14.8. The number of aromatic nitrogens is 3. The maximum atomic E-state index is 5.33. The molecule has 0 amide bonds. The van der Waals surface area contributed by atoms with Gasteiger partial charge in [-0.1, -0.05) is 6.07 Å². The summed E-state index contributed by atoms with van der Waals surface area (Å²) in [6.45, 7) is 2.11. The number of ether oxygens (including phenoxy) is 1. The minimum atomic E-state index is 0.794. The van der Waals surface area contributed by atoms with Crippen molar-refractivity contribution < 1.29 is 4.74 Å². The van der Waals surface area contributed by atoms with Crippen LogP contribution in [-0.2, 0) is 0 Å². The summed E-state index contributed by atoms with van der Waals surface area (Å²) in [4.78, 5) is 11.8. The van der Waals surface area contributed by atoms with Crippen LogP contribution < -0.4 is 4.74 Å². The molecule has 25 heavy (non-hydrogen) atoms. The lowest BCUT2D eigenvalue weighted by atomic mass is 10.3. The molecule has 0 saturated heterocycles. The van der Waals surface area contributed by atoms with Crippen molar-refractivity contribution in [2.24, 2.45) is 0 Å². The van der Waals surface area contributed by atoms with Crippen molar-refractivity contribution in [1.82, 2.24) is 14.5 Å². The Hall–Kier alpha value is -2.92. The molecule has 124 valence electrons. The number of methoxy groups -OCH3 is 1. The largest absolute Gasteiger partial charge is 0.497 e. The van der Waals surface area contributed by atoms with Crippen molar-refractivity contribution >= 4 is 34.5 Å². The van der Waals surface area contributed by atoms with Gasteiger partial charge in [-0.05, 0) is 55.5 Å². The third-order valence-electron chi connectivity index (χ3n) is 3.92. The molecule has 0 bridgehead atoms. The number of benzene rings is 1. The lowest BCUT2D eigenvalue weighted by Crippen LogP contribution is -1.99. The molecule has 0 spiro atoms. The van der Waals surface area contributed by atoms with E-state index >= 15 is 0 Å². The van der Waals surface area contributed by atoms with Gasteiger partial charge < -0.3 is 4.74 Å². The fourth-order valence-electron chi connectivity index (χ4n) is 2.74. The average molecular weight is 347 g/mol. The quantitative estimate of drug-likeness (QED) is 0.523. The fourth-order valence-corrected chi connectivity index (χ4v) is 3.52. The van der Waals surface area contributed by atoms with Crippen molar-refractivity contribution in [2.75, 3.05) is 7.11 Å². The van der Waals surface area contributed by atoms with E-state index in [0.717, 1.165) is 28.4 Å². The molecule has 1 aromatic carbocycles. The lowest BCUT2D eigenvalue weighted by Gasteiger charge is -2.06. The van der Waals surface area contributed by atoms with Crippen LogP contribution in [0.4, 0.5) is 0 Å². The SMILES string of the molecule is COc1ccc2c(c1)nc(C=Cc1ccc(C)s1)n2-c1ccccn1. The predicted octanol–water partition coefficient (Wildman–Crippen LogP) is 4.97. The molecule has 0 saturated carbocycles. The molecule has 4 rings (SSSR count). The van der Waals surface area contributed by atoms with Crippen molar-refractivity contribution in [3.8, 4) is 11.6 Å². The summed E-state index contributed by atoms with van der Waals surface area (Å²) in [7, 11) is 1.66. The van der Waals surface area contributed by atoms with Gasteiger partial charge in [-0.25, -0.2) is 9.97 Å². The van der Waals surface area contributed by atoms with Crippen LogP contribution in [0.2, 0.25) is 0 Å². The van der Waals surface area contributed by atoms with Crippen molar-refractivity contribution in [1.29, 1.82) is 0 Å². The molecule has 4 aromatic rings. The highest BCUT2D eigenvalue weighted by molar-refractivity contribution is 7.12. The Bertz CT molecular complexity index is 1050. The van der Waals surface area contributed by atoms with Crippen molar-refractivity contribution in [3.05, 3.63) is 70.3 Å². The Morgan fingerprint density at radius 1 is 1.08 bits per heavy atom. The van der Waals surface area contributed by atoms with Gasteiger partial charge >= 0.3 is 0 Å². The minimum absolute atomic E-state index is 0.794. The number of thiophene rings is 1. The van der Waals surface area contributed by atoms with Gasteiger partial charge in [0, 0.05) is 22.0 Å². The van der Waals surface area contributed by atoms with Crippen LogP contribution in [-0.4, -0.2) is 21.6 Å². The molecule has 0 N–H and O–H groups in total. The van der Waals surface area contributed by atoms with Gasteiger partial charge in [0.2, 0.25) is 0 Å². The van der Waals surface area contributed by atoms with E-state index in [1.165, 1.54) is 9.75 Å². The zero-order chi connectivity index (χ0) is 17.2. The van der Waals surface area contributed by atoms with E-state index in [1.807, 2.05) is 42.5 Å². The summed E-state index contributed by atoms with van der Waals surface area (Å²) < 4.78 is 7.39. The van der Waals surface area contributed by atoms with Gasteiger partial charge in [-0.3, -0.25) is 4.57 Å². The number of hydrogen-bond donors (Lipinski definition) is 0. The standard InChI is InChI=1S/C20H17N3OS/c1-14-6-8-16(25-14)9-11-20-22-17-13-15(24-2)7-10-18(17)23(20)19-5-3-4-12-21-19/h3-13H,1-2H3. The first kappa shape index (κ1) is 15.6. The number of nitrogens with zero attached hydrogens (tertiary/aromatic N) is 3. The summed E-state index contributed by atoms with van der Waals surface area (Å²) >= 11 is 1.76. The highest BCUT2D eigenvalue weighted by Gasteiger charge is 2.12. The third kappa shape index (κ3) is 3.06. The summed E-state index contributed by atoms with van der Waals surface area (Å²) in [6.07, 6.45) is 5.92. The van der Waals surface area contributed by atoms with E-state index in [1.54, 1.807) is 24.6 Å². The molecule has 0 radical (unpaired) electrons. The maximum absolute atomic E-state index is 5.33. The second-order valence-corrected chi connectivity index (χ2v) is 6.95. The Labute approximate surface area is 150 Å². The van der Waals surface area contributed by atoms with E-state index in [4.69, 9.17) is 9.72 Å². The third-order valence-corrected chi connectivity index (χ3v) is 4.89. The average Bonchev–Trinajstić information content (AvgIpc) is 3.22. The summed E-state index contributed by atoms with van der Waals surface area (Å²) in [6, 6.07) is 16.0. The number of rotatable bonds is 4. The zero-order valence-electron chi connectivity index (χ0n) is 14.0. The molecule has 0 aliphatic heterocycles. The smallest absolute Gasteiger partial charge is 0.139 e. The van der Waals surface area contributed by atoms with Crippen molar-refractivity contribution in [2.45, 2.75) is 6.92 Å². The Kier molecular flexibility index (Phi) is 4.07. The lowest BCUT2D eigenvalue weighted by molar-refractivity contribution is 0.415. The molecular weight excluding hydrogens is 330 g/mol. The number of pyridine rings is 1. The summed E-state index contributed by atoms with van der Waals surface area (Å²) in [5, 5.41) is 0. The fraction of sp³-hybridized carbons (Fsp3) is 0.100. The highest BCUT2D eigenvalue weighted by atomic mass is 32.1. The monoisotopic (exact) mass is 347 g/mol. The van der Waals surface area contributed by atoms with Crippen LogP contribution in [0.25, 0.3) is 29.0 Å². The van der Waals surface area contributed by atoms with E-state index in [2.05, 4.69) is 34.7 Å². The van der Waals surface area contributed by atoms with Crippen molar-refractivity contribution in [3.63, 3.8) is 0 Å². The number of imidazole rings is 1. The van der Waals surface area contributed by atoms with Gasteiger partial charge in [0.15, 0.2) is 0 Å². The Morgan fingerprint density at radius 2 is 2.00 bits per heavy atom. The highest BCUT2D eigenvalue weighted by Crippen LogP contribution is 2.26. The van der Waals surface area contributed by atoms with E-state index in [-0.39, 0.29) is 0 Å². The van der Waals surface area contributed by atoms with Crippen LogP contribution in [0.1, 0.15) is 15.6 Å². The number of fused-ring (bicyclic) bond motifs is 1. The summed E-state index contributed by atoms with van der Waals surface area (Å²) in [5.41, 5.74) is 1.88. The predicted molar refractivity (Wildman–Crippen MR) is 103 cm³/mol. The molecule has 0 fully saturated rings. The first-order valence-electron chi connectivity index (χ1n) is 7.97.